The fraction of sp³-hybridized carbons (Fsp3) is 0.133. The molecule has 0 saturated carbocycles. The van der Waals surface area contributed by atoms with E-state index in [4.69, 9.17) is 5.11 Å². The molecule has 0 aliphatic heterocycles. The number of carboxylic acids is 1. The molecule has 4 aromatic carbocycles. The number of ether oxygens (including phenoxy) is 1. The summed E-state index contributed by atoms with van der Waals surface area (Å²) < 4.78 is 55.1. The molecule has 0 aliphatic carbocycles. The van der Waals surface area contributed by atoms with Crippen LogP contribution in [0.2, 0.25) is 0 Å². The summed E-state index contributed by atoms with van der Waals surface area (Å²) in [7, 11) is 0. The smallest absolute Gasteiger partial charge is 0.481 e. The van der Waals surface area contributed by atoms with E-state index in [9.17, 15) is 27.2 Å². The normalized spacial score (nSPS) is 11.2. The van der Waals surface area contributed by atoms with Crippen LogP contribution >= 0.6 is 0 Å². The van der Waals surface area contributed by atoms with Crippen molar-refractivity contribution in [3.63, 3.8) is 0 Å². The molecule has 2 N–H and O–H groups in total. The van der Waals surface area contributed by atoms with Gasteiger partial charge in [0.2, 0.25) is 0 Å². The monoisotopic (exact) mass is 537 g/mol. The lowest BCUT2D eigenvalue weighted by atomic mass is 9.91. The van der Waals surface area contributed by atoms with E-state index in [0.29, 0.717) is 17.5 Å². The van der Waals surface area contributed by atoms with Crippen molar-refractivity contribution in [1.29, 1.82) is 0 Å². The highest BCUT2D eigenvalue weighted by Crippen LogP contribution is 2.32. The van der Waals surface area contributed by atoms with Crippen LogP contribution in [-0.2, 0) is 11.2 Å². The Bertz CT molecular complexity index is 1450. The molecule has 0 radical (unpaired) electrons. The molecule has 0 heterocycles. The minimum Gasteiger partial charge on any atom is -0.481 e. The third-order valence-corrected chi connectivity index (χ3v) is 5.92. The second-order valence-electron chi connectivity index (χ2n) is 8.72. The van der Waals surface area contributed by atoms with Crippen molar-refractivity contribution >= 4 is 11.9 Å². The first-order chi connectivity index (χ1) is 18.6. The Hall–Kier alpha value is -4.66. The van der Waals surface area contributed by atoms with Crippen molar-refractivity contribution in [2.24, 2.45) is 0 Å². The van der Waals surface area contributed by atoms with Crippen LogP contribution in [0.4, 0.5) is 17.6 Å². The number of halogens is 4. The van der Waals surface area contributed by atoms with Gasteiger partial charge in [0.1, 0.15) is 11.6 Å². The van der Waals surface area contributed by atoms with Gasteiger partial charge in [-0.05, 0) is 76.2 Å². The average Bonchev–Trinajstić information content (AvgIpc) is 2.89. The minimum atomic E-state index is -4.78. The van der Waals surface area contributed by atoms with E-state index in [1.54, 1.807) is 36.4 Å². The van der Waals surface area contributed by atoms with Gasteiger partial charge in [-0.3, -0.25) is 9.59 Å². The number of benzene rings is 4. The van der Waals surface area contributed by atoms with Crippen LogP contribution in [0.25, 0.3) is 22.3 Å². The van der Waals surface area contributed by atoms with Crippen LogP contribution in [0.5, 0.6) is 5.75 Å². The molecule has 0 spiro atoms. The lowest BCUT2D eigenvalue weighted by molar-refractivity contribution is -0.274. The highest BCUT2D eigenvalue weighted by molar-refractivity contribution is 5.94. The first kappa shape index (κ1) is 27.4. The summed E-state index contributed by atoms with van der Waals surface area (Å²) in [5.41, 5.74) is 5.25. The van der Waals surface area contributed by atoms with Gasteiger partial charge in [0.15, 0.2) is 0 Å². The van der Waals surface area contributed by atoms with Gasteiger partial charge >= 0.3 is 12.3 Å². The summed E-state index contributed by atoms with van der Waals surface area (Å²) in [4.78, 5) is 22.9. The van der Waals surface area contributed by atoms with Crippen LogP contribution in [0.3, 0.4) is 0 Å². The van der Waals surface area contributed by atoms with Crippen molar-refractivity contribution < 1.29 is 37.0 Å². The van der Waals surface area contributed by atoms with E-state index in [1.807, 2.05) is 18.2 Å². The molecule has 0 aromatic heterocycles. The molecule has 0 unspecified atom stereocenters. The van der Waals surface area contributed by atoms with E-state index >= 15 is 0 Å². The molecule has 0 fully saturated rings. The van der Waals surface area contributed by atoms with E-state index in [0.717, 1.165) is 27.8 Å². The molecule has 0 atom stereocenters. The van der Waals surface area contributed by atoms with Crippen LogP contribution < -0.4 is 10.1 Å². The second-order valence-corrected chi connectivity index (χ2v) is 8.72. The molecule has 4 aromatic rings. The number of carboxylic acid groups (broad SMARTS) is 1. The van der Waals surface area contributed by atoms with Gasteiger partial charge in [-0.1, -0.05) is 54.6 Å². The van der Waals surface area contributed by atoms with Crippen LogP contribution in [0.15, 0.2) is 91.0 Å². The molecule has 39 heavy (non-hydrogen) atoms. The average molecular weight is 538 g/mol. The number of hydrogen-bond acceptors (Lipinski definition) is 3. The number of carbonyl (C=O) groups excluding carboxylic acids is 1. The number of aliphatic carboxylic acids is 1. The summed E-state index contributed by atoms with van der Waals surface area (Å²) in [6.45, 7) is 0.0209. The molecular formula is C30H23F4NO4. The van der Waals surface area contributed by atoms with Gasteiger partial charge in [-0.2, -0.15) is 0 Å². The number of alkyl halides is 3. The molecule has 9 heteroatoms. The lowest BCUT2D eigenvalue weighted by Crippen LogP contribution is -2.25. The Morgan fingerprint density at radius 1 is 0.795 bits per heavy atom. The molecule has 0 aliphatic rings. The number of nitrogens with one attached hydrogen (secondary N) is 1. The van der Waals surface area contributed by atoms with E-state index in [-0.39, 0.29) is 30.4 Å². The maximum absolute atomic E-state index is 13.5. The maximum Gasteiger partial charge on any atom is 0.573 e. The first-order valence-corrected chi connectivity index (χ1v) is 11.9. The lowest BCUT2D eigenvalue weighted by Gasteiger charge is -2.14. The third kappa shape index (κ3) is 7.67. The summed E-state index contributed by atoms with van der Waals surface area (Å²) in [6.07, 6.45) is -4.50. The Kier molecular flexibility index (Phi) is 8.29. The maximum atomic E-state index is 13.5. The zero-order valence-electron chi connectivity index (χ0n) is 20.5. The van der Waals surface area contributed by atoms with Crippen LogP contribution in [-0.4, -0.2) is 29.9 Å². The standard InChI is InChI=1S/C30H23F4NO4/c31-25-10-5-21(6-11-25)27-14-9-23(20-7-12-26(13-8-20)39-30(32,33)34)18-24(27)17-19-1-3-22(4-2-19)29(38)35-16-15-28(36)37/h1-14,18H,15-17H2,(H,35,38)(H,36,37). The van der Waals surface area contributed by atoms with E-state index in [2.05, 4.69) is 10.1 Å². The Labute approximate surface area is 221 Å². The molecule has 5 nitrogen and oxygen atoms in total. The highest BCUT2D eigenvalue weighted by atomic mass is 19.4. The molecular weight excluding hydrogens is 514 g/mol. The molecule has 0 bridgehead atoms. The molecule has 0 saturated heterocycles. The predicted octanol–water partition coefficient (Wildman–Crippen LogP) is 6.85. The van der Waals surface area contributed by atoms with Gasteiger partial charge in [0, 0.05) is 12.1 Å². The van der Waals surface area contributed by atoms with Crippen molar-refractivity contribution in [1.82, 2.24) is 5.32 Å². The Morgan fingerprint density at radius 3 is 2.03 bits per heavy atom. The second kappa shape index (κ2) is 11.8. The van der Waals surface area contributed by atoms with Gasteiger partial charge in [0.25, 0.3) is 5.91 Å². The number of rotatable bonds is 9. The van der Waals surface area contributed by atoms with Gasteiger partial charge in [-0.25, -0.2) is 4.39 Å². The Balaban J connectivity index is 1.61. The van der Waals surface area contributed by atoms with Crippen LogP contribution in [0.1, 0.15) is 27.9 Å². The van der Waals surface area contributed by atoms with Crippen molar-refractivity contribution in [3.05, 3.63) is 114 Å². The Morgan fingerprint density at radius 2 is 1.41 bits per heavy atom. The topological polar surface area (TPSA) is 75.6 Å². The van der Waals surface area contributed by atoms with Crippen LogP contribution in [0, 0.1) is 5.82 Å². The van der Waals surface area contributed by atoms with Gasteiger partial charge in [0.05, 0.1) is 6.42 Å². The summed E-state index contributed by atoms with van der Waals surface area (Å²) in [5.74, 6) is -2.07. The summed E-state index contributed by atoms with van der Waals surface area (Å²) in [6, 6.07) is 24.1. The number of hydrogen-bond donors (Lipinski definition) is 2. The van der Waals surface area contributed by atoms with Gasteiger partial charge < -0.3 is 15.2 Å². The fourth-order valence-electron chi connectivity index (χ4n) is 4.06. The third-order valence-electron chi connectivity index (χ3n) is 5.92. The first-order valence-electron chi connectivity index (χ1n) is 11.9. The minimum absolute atomic E-state index is 0.0209. The molecule has 4 rings (SSSR count). The quantitative estimate of drug-likeness (QED) is 0.229. The highest BCUT2D eigenvalue weighted by Gasteiger charge is 2.31. The SMILES string of the molecule is O=C(O)CCNC(=O)c1ccc(Cc2cc(-c3ccc(OC(F)(F)F)cc3)ccc2-c2ccc(F)cc2)cc1. The number of carbonyl (C=O) groups is 2. The van der Waals surface area contributed by atoms with Crippen molar-refractivity contribution in [2.45, 2.75) is 19.2 Å². The molecule has 200 valence electrons. The summed E-state index contributed by atoms with van der Waals surface area (Å²) in [5, 5.41) is 11.3. The van der Waals surface area contributed by atoms with E-state index in [1.165, 1.54) is 36.4 Å². The largest absolute Gasteiger partial charge is 0.573 e. The summed E-state index contributed by atoms with van der Waals surface area (Å²) >= 11 is 0. The molecule has 1 amide bonds. The predicted molar refractivity (Wildman–Crippen MR) is 138 cm³/mol. The van der Waals surface area contributed by atoms with Gasteiger partial charge in [-0.15, -0.1) is 13.2 Å². The fourth-order valence-corrected chi connectivity index (χ4v) is 4.06. The zero-order chi connectivity index (χ0) is 28.0. The van der Waals surface area contributed by atoms with Crippen molar-refractivity contribution in [3.8, 4) is 28.0 Å². The number of amides is 1. The zero-order valence-corrected chi connectivity index (χ0v) is 20.5. The van der Waals surface area contributed by atoms with Crippen molar-refractivity contribution in [2.75, 3.05) is 6.54 Å². The van der Waals surface area contributed by atoms with E-state index < -0.39 is 12.3 Å².